The fraction of sp³-hybridized carbons (Fsp3) is 0.188. The van der Waals surface area contributed by atoms with Crippen LogP contribution in [0.1, 0.15) is 17.2 Å². The van der Waals surface area contributed by atoms with Gasteiger partial charge in [-0.25, -0.2) is 4.79 Å². The molecule has 0 spiro atoms. The van der Waals surface area contributed by atoms with Crippen molar-refractivity contribution in [2.24, 2.45) is 0 Å². The lowest BCUT2D eigenvalue weighted by Crippen LogP contribution is -2.20. The van der Waals surface area contributed by atoms with Crippen molar-refractivity contribution in [1.29, 1.82) is 0 Å². The summed E-state index contributed by atoms with van der Waals surface area (Å²) in [6.07, 6.45) is 0. The van der Waals surface area contributed by atoms with Crippen molar-refractivity contribution >= 4 is 11.7 Å². The van der Waals surface area contributed by atoms with Crippen LogP contribution in [0.25, 0.3) is 0 Å². The Bertz CT molecular complexity index is 596. The van der Waals surface area contributed by atoms with Crippen LogP contribution in [0.2, 0.25) is 0 Å². The Morgan fingerprint density at radius 2 is 1.90 bits per heavy atom. The molecule has 0 radical (unpaired) electrons. The van der Waals surface area contributed by atoms with Crippen LogP contribution in [0, 0.1) is 6.92 Å². The summed E-state index contributed by atoms with van der Waals surface area (Å²) in [4.78, 5) is 11.5. The predicted molar refractivity (Wildman–Crippen MR) is 78.2 cm³/mol. The number of carboxylic acids is 1. The van der Waals surface area contributed by atoms with Crippen molar-refractivity contribution in [1.82, 2.24) is 0 Å². The fourth-order valence-electron chi connectivity index (χ4n) is 2.01. The molecule has 1 unspecified atom stereocenters. The van der Waals surface area contributed by atoms with Gasteiger partial charge in [0, 0.05) is 5.69 Å². The van der Waals surface area contributed by atoms with E-state index < -0.39 is 12.0 Å². The number of nitrogens with one attached hydrogen (secondary N) is 1. The van der Waals surface area contributed by atoms with Crippen molar-refractivity contribution < 1.29 is 14.6 Å². The third kappa shape index (κ3) is 3.09. The standard InChI is InChI=1S/C16H17NO3/c1-11-10-13(20-2)8-9-14(11)17-15(16(18)19)12-6-4-3-5-7-12/h3-10,15,17H,1-2H3,(H,18,19). The van der Waals surface area contributed by atoms with Crippen LogP contribution in [-0.4, -0.2) is 18.2 Å². The third-order valence-corrected chi connectivity index (χ3v) is 3.11. The molecule has 0 amide bonds. The second-order valence-electron chi connectivity index (χ2n) is 4.51. The number of carboxylic acid groups (broad SMARTS) is 1. The first-order valence-corrected chi connectivity index (χ1v) is 6.30. The minimum Gasteiger partial charge on any atom is -0.497 e. The zero-order valence-electron chi connectivity index (χ0n) is 11.5. The maximum atomic E-state index is 11.5. The Morgan fingerprint density at radius 3 is 2.45 bits per heavy atom. The lowest BCUT2D eigenvalue weighted by atomic mass is 10.1. The molecular formula is C16H17NO3. The number of ether oxygens (including phenoxy) is 1. The molecule has 4 heteroatoms. The summed E-state index contributed by atoms with van der Waals surface area (Å²) >= 11 is 0. The SMILES string of the molecule is COc1ccc(NC(C(=O)O)c2ccccc2)c(C)c1. The lowest BCUT2D eigenvalue weighted by molar-refractivity contribution is -0.138. The van der Waals surface area contributed by atoms with Crippen molar-refractivity contribution in [3.8, 4) is 5.75 Å². The number of benzene rings is 2. The minimum atomic E-state index is -0.911. The molecule has 2 aromatic carbocycles. The maximum Gasteiger partial charge on any atom is 0.330 e. The van der Waals surface area contributed by atoms with Crippen LogP contribution in [0.5, 0.6) is 5.75 Å². The Hall–Kier alpha value is -2.49. The summed E-state index contributed by atoms with van der Waals surface area (Å²) in [5.74, 6) is -0.161. The van der Waals surface area contributed by atoms with Crippen LogP contribution in [0.3, 0.4) is 0 Å². The zero-order valence-corrected chi connectivity index (χ0v) is 11.5. The number of hydrogen-bond donors (Lipinski definition) is 2. The van der Waals surface area contributed by atoms with E-state index in [2.05, 4.69) is 5.32 Å². The highest BCUT2D eigenvalue weighted by molar-refractivity contribution is 5.79. The van der Waals surface area contributed by atoms with E-state index in [1.165, 1.54) is 0 Å². The number of aryl methyl sites for hydroxylation is 1. The number of carbonyl (C=O) groups is 1. The van der Waals surface area contributed by atoms with Crippen LogP contribution >= 0.6 is 0 Å². The van der Waals surface area contributed by atoms with Gasteiger partial charge in [0.1, 0.15) is 5.75 Å². The topological polar surface area (TPSA) is 58.6 Å². The maximum absolute atomic E-state index is 11.5. The monoisotopic (exact) mass is 271 g/mol. The molecule has 2 rings (SSSR count). The Kier molecular flexibility index (Phi) is 4.25. The van der Waals surface area contributed by atoms with E-state index in [1.807, 2.05) is 37.3 Å². The van der Waals surface area contributed by atoms with E-state index in [9.17, 15) is 9.90 Å². The summed E-state index contributed by atoms with van der Waals surface area (Å²) in [6, 6.07) is 13.8. The van der Waals surface area contributed by atoms with Gasteiger partial charge in [0.15, 0.2) is 6.04 Å². The number of methoxy groups -OCH3 is 1. The van der Waals surface area contributed by atoms with Gasteiger partial charge in [0.25, 0.3) is 0 Å². The van der Waals surface area contributed by atoms with E-state index in [1.54, 1.807) is 25.3 Å². The average molecular weight is 271 g/mol. The molecule has 2 aromatic rings. The highest BCUT2D eigenvalue weighted by Crippen LogP contribution is 2.25. The van der Waals surface area contributed by atoms with E-state index >= 15 is 0 Å². The molecule has 0 aliphatic heterocycles. The second kappa shape index (κ2) is 6.10. The highest BCUT2D eigenvalue weighted by atomic mass is 16.5. The quantitative estimate of drug-likeness (QED) is 0.876. The Labute approximate surface area is 118 Å². The van der Waals surface area contributed by atoms with Crippen LogP contribution in [0.15, 0.2) is 48.5 Å². The molecule has 0 bridgehead atoms. The van der Waals surface area contributed by atoms with Gasteiger partial charge in [0.05, 0.1) is 7.11 Å². The van der Waals surface area contributed by atoms with Gasteiger partial charge < -0.3 is 15.2 Å². The molecule has 20 heavy (non-hydrogen) atoms. The smallest absolute Gasteiger partial charge is 0.330 e. The van der Waals surface area contributed by atoms with Gasteiger partial charge in [-0.3, -0.25) is 0 Å². The molecule has 0 saturated heterocycles. The summed E-state index contributed by atoms with van der Waals surface area (Å²) in [7, 11) is 1.60. The van der Waals surface area contributed by atoms with Gasteiger partial charge in [-0.05, 0) is 36.2 Å². The number of aliphatic carboxylic acids is 1. The summed E-state index contributed by atoms with van der Waals surface area (Å²) in [6.45, 7) is 1.91. The summed E-state index contributed by atoms with van der Waals surface area (Å²) in [5.41, 5.74) is 2.43. The van der Waals surface area contributed by atoms with E-state index in [4.69, 9.17) is 4.74 Å². The molecular weight excluding hydrogens is 254 g/mol. The average Bonchev–Trinajstić information content (AvgIpc) is 2.46. The first-order chi connectivity index (χ1) is 9.61. The van der Waals surface area contributed by atoms with Gasteiger partial charge in [-0.15, -0.1) is 0 Å². The van der Waals surface area contributed by atoms with Crippen molar-refractivity contribution in [3.63, 3.8) is 0 Å². The largest absolute Gasteiger partial charge is 0.497 e. The molecule has 0 aliphatic carbocycles. The molecule has 0 heterocycles. The Balaban J connectivity index is 2.28. The molecule has 2 N–H and O–H groups in total. The van der Waals surface area contributed by atoms with Crippen LogP contribution in [0.4, 0.5) is 5.69 Å². The Morgan fingerprint density at radius 1 is 1.20 bits per heavy atom. The number of anilines is 1. The van der Waals surface area contributed by atoms with Crippen LogP contribution in [-0.2, 0) is 4.79 Å². The molecule has 104 valence electrons. The predicted octanol–water partition coefficient (Wildman–Crippen LogP) is 3.24. The fourth-order valence-corrected chi connectivity index (χ4v) is 2.01. The third-order valence-electron chi connectivity index (χ3n) is 3.11. The molecule has 4 nitrogen and oxygen atoms in total. The first kappa shape index (κ1) is 13.9. The van der Waals surface area contributed by atoms with Gasteiger partial charge in [0.2, 0.25) is 0 Å². The van der Waals surface area contributed by atoms with Gasteiger partial charge in [-0.2, -0.15) is 0 Å². The molecule has 1 atom stereocenters. The first-order valence-electron chi connectivity index (χ1n) is 6.30. The molecule has 0 aliphatic rings. The van der Waals surface area contributed by atoms with E-state index in [-0.39, 0.29) is 0 Å². The number of rotatable bonds is 5. The normalized spacial score (nSPS) is 11.7. The summed E-state index contributed by atoms with van der Waals surface area (Å²) in [5, 5.41) is 12.5. The van der Waals surface area contributed by atoms with E-state index in [0.717, 1.165) is 22.6 Å². The minimum absolute atomic E-state index is 0.718. The molecule has 0 fully saturated rings. The van der Waals surface area contributed by atoms with Gasteiger partial charge >= 0.3 is 5.97 Å². The summed E-state index contributed by atoms with van der Waals surface area (Å²) < 4.78 is 5.14. The van der Waals surface area contributed by atoms with Crippen molar-refractivity contribution in [2.45, 2.75) is 13.0 Å². The number of hydrogen-bond acceptors (Lipinski definition) is 3. The van der Waals surface area contributed by atoms with E-state index in [0.29, 0.717) is 0 Å². The van der Waals surface area contributed by atoms with Crippen LogP contribution < -0.4 is 10.1 Å². The van der Waals surface area contributed by atoms with Crippen molar-refractivity contribution in [3.05, 3.63) is 59.7 Å². The van der Waals surface area contributed by atoms with Gasteiger partial charge in [-0.1, -0.05) is 30.3 Å². The molecule has 0 saturated carbocycles. The highest BCUT2D eigenvalue weighted by Gasteiger charge is 2.19. The molecule has 0 aromatic heterocycles. The van der Waals surface area contributed by atoms with Crippen molar-refractivity contribution in [2.75, 3.05) is 12.4 Å². The zero-order chi connectivity index (χ0) is 14.5. The second-order valence-corrected chi connectivity index (χ2v) is 4.51. The lowest BCUT2D eigenvalue weighted by Gasteiger charge is -2.18.